The molecule has 1 heterocycles. The molecule has 0 aliphatic carbocycles. The molecular formula is C20H18ClFN2O2S. The second-order valence-electron chi connectivity index (χ2n) is 5.98. The van der Waals surface area contributed by atoms with Crippen LogP contribution in [0.15, 0.2) is 52.4 Å². The summed E-state index contributed by atoms with van der Waals surface area (Å²) in [6.45, 7) is 4.02. The predicted octanol–water partition coefficient (Wildman–Crippen LogP) is 5.55. The van der Waals surface area contributed by atoms with Crippen LogP contribution in [-0.4, -0.2) is 17.2 Å². The van der Waals surface area contributed by atoms with Crippen molar-refractivity contribution in [2.75, 3.05) is 0 Å². The Hall–Kier alpha value is -2.31. The lowest BCUT2D eigenvalue weighted by Crippen LogP contribution is -2.19. The zero-order chi connectivity index (χ0) is 19.4. The van der Waals surface area contributed by atoms with Gasteiger partial charge in [-0.05, 0) is 73.1 Å². The lowest BCUT2D eigenvalue weighted by Gasteiger charge is -2.14. The first-order chi connectivity index (χ1) is 12.9. The van der Waals surface area contributed by atoms with E-state index in [0.717, 1.165) is 12.0 Å². The van der Waals surface area contributed by atoms with Gasteiger partial charge in [0.1, 0.15) is 11.6 Å². The van der Waals surface area contributed by atoms with Gasteiger partial charge in [-0.2, -0.15) is 0 Å². The van der Waals surface area contributed by atoms with Gasteiger partial charge in [-0.1, -0.05) is 24.6 Å². The Morgan fingerprint density at radius 2 is 2.04 bits per heavy atom. The average Bonchev–Trinajstić information content (AvgIpc) is 2.98. The van der Waals surface area contributed by atoms with Crippen LogP contribution in [0.5, 0.6) is 5.75 Å². The molecule has 1 fully saturated rings. The predicted molar refractivity (Wildman–Crippen MR) is 109 cm³/mol. The zero-order valence-electron chi connectivity index (χ0n) is 14.8. The summed E-state index contributed by atoms with van der Waals surface area (Å²) >= 11 is 7.50. The molecule has 1 saturated heterocycles. The third kappa shape index (κ3) is 5.11. The number of carbonyl (C=O) groups is 1. The minimum absolute atomic E-state index is 0.0769. The van der Waals surface area contributed by atoms with Crippen molar-refractivity contribution in [2.45, 2.75) is 26.4 Å². The van der Waals surface area contributed by atoms with E-state index in [1.807, 2.05) is 19.9 Å². The fourth-order valence-corrected chi connectivity index (χ4v) is 3.34. The number of aliphatic imine (C=N–C) groups is 1. The number of amidine groups is 1. The third-order valence-corrected chi connectivity index (χ3v) is 5.07. The highest BCUT2D eigenvalue weighted by molar-refractivity contribution is 8.18. The van der Waals surface area contributed by atoms with Crippen molar-refractivity contribution < 1.29 is 13.9 Å². The summed E-state index contributed by atoms with van der Waals surface area (Å²) in [5.41, 5.74) is 1.35. The molecule has 0 bridgehead atoms. The highest BCUT2D eigenvalue weighted by Crippen LogP contribution is 2.31. The number of carbonyl (C=O) groups excluding carboxylic acids is 1. The lowest BCUT2D eigenvalue weighted by molar-refractivity contribution is -0.115. The van der Waals surface area contributed by atoms with E-state index >= 15 is 0 Å². The Labute approximate surface area is 166 Å². The first-order valence-electron chi connectivity index (χ1n) is 8.46. The summed E-state index contributed by atoms with van der Waals surface area (Å²) in [6, 6.07) is 11.1. The van der Waals surface area contributed by atoms with Crippen LogP contribution in [0.4, 0.5) is 10.1 Å². The van der Waals surface area contributed by atoms with Gasteiger partial charge < -0.3 is 10.1 Å². The van der Waals surface area contributed by atoms with Crippen LogP contribution in [-0.2, 0) is 4.79 Å². The van der Waals surface area contributed by atoms with Gasteiger partial charge in [-0.25, -0.2) is 9.38 Å². The fraction of sp³-hybridized carbons (Fsp3) is 0.200. The molecular weight excluding hydrogens is 387 g/mol. The molecule has 140 valence electrons. The van der Waals surface area contributed by atoms with Crippen molar-refractivity contribution in [1.29, 1.82) is 0 Å². The summed E-state index contributed by atoms with van der Waals surface area (Å²) in [6.07, 6.45) is 2.70. The Balaban J connectivity index is 1.76. The topological polar surface area (TPSA) is 50.7 Å². The summed E-state index contributed by atoms with van der Waals surface area (Å²) in [5, 5.41) is 3.64. The van der Waals surface area contributed by atoms with Crippen LogP contribution >= 0.6 is 23.4 Å². The van der Waals surface area contributed by atoms with Crippen LogP contribution in [0.2, 0.25) is 5.02 Å². The number of nitrogens with zero attached hydrogens (tertiary/aromatic N) is 1. The van der Waals surface area contributed by atoms with Gasteiger partial charge in [0.25, 0.3) is 5.91 Å². The van der Waals surface area contributed by atoms with E-state index in [4.69, 9.17) is 16.3 Å². The van der Waals surface area contributed by atoms with E-state index in [1.165, 1.54) is 23.9 Å². The van der Waals surface area contributed by atoms with Gasteiger partial charge in [-0.3, -0.25) is 4.79 Å². The molecule has 27 heavy (non-hydrogen) atoms. The molecule has 3 rings (SSSR count). The van der Waals surface area contributed by atoms with E-state index in [1.54, 1.807) is 30.3 Å². The molecule has 1 amide bonds. The van der Waals surface area contributed by atoms with Gasteiger partial charge in [0.2, 0.25) is 0 Å². The van der Waals surface area contributed by atoms with Gasteiger partial charge in [-0.15, -0.1) is 0 Å². The van der Waals surface area contributed by atoms with E-state index in [9.17, 15) is 9.18 Å². The Morgan fingerprint density at radius 1 is 1.30 bits per heavy atom. The molecule has 1 aliphatic rings. The van der Waals surface area contributed by atoms with Crippen LogP contribution in [0, 0.1) is 5.82 Å². The van der Waals surface area contributed by atoms with E-state index in [-0.39, 0.29) is 17.8 Å². The van der Waals surface area contributed by atoms with Crippen molar-refractivity contribution in [2.24, 2.45) is 4.99 Å². The minimum atomic E-state index is -0.333. The van der Waals surface area contributed by atoms with Gasteiger partial charge in [0, 0.05) is 0 Å². The summed E-state index contributed by atoms with van der Waals surface area (Å²) in [7, 11) is 0. The molecule has 2 aromatic carbocycles. The number of amides is 1. The molecule has 2 aromatic rings. The normalized spacial score (nSPS) is 18.0. The monoisotopic (exact) mass is 404 g/mol. The van der Waals surface area contributed by atoms with Crippen molar-refractivity contribution in [3.05, 3.63) is 63.8 Å². The standard InChI is InChI=1S/C20H18ClFN2O2S/c1-3-12(2)26-17-9-4-13(10-16(17)21)11-18-19(25)24-20(27-18)23-15-7-5-14(22)6-8-15/h4-12H,3H2,1-2H3,(H,23,24,25)/b18-11+/t12-/m0/s1. The summed E-state index contributed by atoms with van der Waals surface area (Å²) in [4.78, 5) is 17.0. The smallest absolute Gasteiger partial charge is 0.264 e. The molecule has 0 aromatic heterocycles. The van der Waals surface area contributed by atoms with Crippen LogP contribution in [0.25, 0.3) is 6.08 Å². The Bertz CT molecular complexity index is 913. The second kappa shape index (κ2) is 8.59. The van der Waals surface area contributed by atoms with E-state index < -0.39 is 0 Å². The van der Waals surface area contributed by atoms with Crippen molar-refractivity contribution in [1.82, 2.24) is 5.32 Å². The Morgan fingerprint density at radius 3 is 2.70 bits per heavy atom. The number of hydrogen-bond donors (Lipinski definition) is 1. The molecule has 1 aliphatic heterocycles. The molecule has 1 N–H and O–H groups in total. The highest BCUT2D eigenvalue weighted by atomic mass is 35.5. The second-order valence-corrected chi connectivity index (χ2v) is 7.42. The number of benzene rings is 2. The maximum atomic E-state index is 13.0. The van der Waals surface area contributed by atoms with Gasteiger partial charge in [0.15, 0.2) is 5.17 Å². The van der Waals surface area contributed by atoms with Crippen LogP contribution in [0.1, 0.15) is 25.8 Å². The molecule has 1 atom stereocenters. The molecule has 0 radical (unpaired) electrons. The average molecular weight is 405 g/mol. The third-order valence-electron chi connectivity index (χ3n) is 3.86. The van der Waals surface area contributed by atoms with Crippen molar-refractivity contribution in [3.63, 3.8) is 0 Å². The number of ether oxygens (including phenoxy) is 1. The van der Waals surface area contributed by atoms with Crippen molar-refractivity contribution in [3.8, 4) is 5.75 Å². The van der Waals surface area contributed by atoms with Crippen molar-refractivity contribution >= 4 is 46.2 Å². The maximum Gasteiger partial charge on any atom is 0.264 e. The van der Waals surface area contributed by atoms with E-state index in [0.29, 0.717) is 26.5 Å². The maximum absolute atomic E-state index is 13.0. The van der Waals surface area contributed by atoms with Crippen LogP contribution < -0.4 is 10.1 Å². The van der Waals surface area contributed by atoms with Gasteiger partial charge in [0.05, 0.1) is 21.7 Å². The number of hydrogen-bond acceptors (Lipinski definition) is 4. The molecule has 0 unspecified atom stereocenters. The Kier molecular flexibility index (Phi) is 6.19. The van der Waals surface area contributed by atoms with Gasteiger partial charge >= 0.3 is 0 Å². The number of nitrogens with one attached hydrogen (secondary N) is 1. The fourth-order valence-electron chi connectivity index (χ4n) is 2.27. The van der Waals surface area contributed by atoms with Crippen LogP contribution in [0.3, 0.4) is 0 Å². The minimum Gasteiger partial charge on any atom is -0.489 e. The molecule has 0 saturated carbocycles. The molecule has 7 heteroatoms. The van der Waals surface area contributed by atoms with E-state index in [2.05, 4.69) is 10.3 Å². The molecule has 0 spiro atoms. The molecule has 4 nitrogen and oxygen atoms in total. The first kappa shape index (κ1) is 19.5. The number of rotatable bonds is 5. The first-order valence-corrected chi connectivity index (χ1v) is 9.65. The zero-order valence-corrected chi connectivity index (χ0v) is 16.4. The lowest BCUT2D eigenvalue weighted by atomic mass is 10.2. The number of thioether (sulfide) groups is 1. The largest absolute Gasteiger partial charge is 0.489 e. The number of halogens is 2. The summed E-state index contributed by atoms with van der Waals surface area (Å²) in [5.74, 6) is 0.0486. The quantitative estimate of drug-likeness (QED) is 0.665. The highest BCUT2D eigenvalue weighted by Gasteiger charge is 2.24. The SMILES string of the molecule is CC[C@H](C)Oc1ccc(/C=C2/SC(=Nc3ccc(F)cc3)NC2=O)cc1Cl. The summed E-state index contributed by atoms with van der Waals surface area (Å²) < 4.78 is 18.7.